The van der Waals surface area contributed by atoms with E-state index in [0.717, 1.165) is 33.3 Å². The molecule has 7 nitrogen and oxygen atoms in total. The van der Waals surface area contributed by atoms with Gasteiger partial charge in [-0.2, -0.15) is 22.9 Å². The van der Waals surface area contributed by atoms with E-state index < -0.39 is 0 Å². The van der Waals surface area contributed by atoms with Crippen LogP contribution < -0.4 is 9.47 Å². The topological polar surface area (TPSA) is 75.0 Å². The molecule has 0 atom stereocenters. The monoisotopic (exact) mass is 971 g/mol. The van der Waals surface area contributed by atoms with Crippen molar-refractivity contribution in [1.82, 2.24) is 24.5 Å². The number of hydrogen-bond donors (Lipinski definition) is 0. The Hall–Kier alpha value is -4.96. The molecule has 47 heavy (non-hydrogen) atoms. The summed E-state index contributed by atoms with van der Waals surface area (Å²) in [6.45, 7) is 0. The molecule has 9 heteroatoms. The summed E-state index contributed by atoms with van der Waals surface area (Å²) in [7, 11) is 0. The van der Waals surface area contributed by atoms with Gasteiger partial charge in [0.25, 0.3) is 0 Å². The molecular formula is C38H21N5O2Pt2. The Morgan fingerprint density at radius 3 is 1.53 bits per heavy atom. The number of pyridine rings is 2. The standard InChI is InChI=1S/C38H21N5O2.2Pt/c1-3-18-39-34(12-1)26-8-5-10-28(22-26)44-30-14-16-32-33-17-15-31(25-37(33)43(36(32)24-30)38-41-20-7-21-42-38)45-29-11-6-9-27(23-29)35-13-2-4-19-40-35;;/h1-21H;;/q-4;2*+2/i7D,20D;;. The second-order valence-corrected chi connectivity index (χ2v) is 9.92. The van der Waals surface area contributed by atoms with E-state index in [2.05, 4.69) is 44.2 Å². The Morgan fingerprint density at radius 1 is 0.511 bits per heavy atom. The van der Waals surface area contributed by atoms with E-state index in [9.17, 15) is 0 Å². The van der Waals surface area contributed by atoms with Crippen molar-refractivity contribution < 1.29 is 54.3 Å². The fourth-order valence-corrected chi connectivity index (χ4v) is 5.08. The van der Waals surface area contributed by atoms with E-state index in [0.29, 0.717) is 34.0 Å². The van der Waals surface area contributed by atoms with E-state index in [4.69, 9.17) is 12.2 Å². The molecule has 0 fully saturated rings. The number of benzene rings is 4. The molecule has 0 saturated heterocycles. The van der Waals surface area contributed by atoms with Crippen molar-refractivity contribution >= 4 is 21.8 Å². The van der Waals surface area contributed by atoms with Gasteiger partial charge in [0.1, 0.15) is 0 Å². The molecular weight excluding hydrogens is 949 g/mol. The van der Waals surface area contributed by atoms with Crippen molar-refractivity contribution in [3.05, 3.63) is 152 Å². The molecule has 4 heterocycles. The molecule has 4 aromatic heterocycles. The van der Waals surface area contributed by atoms with Gasteiger partial charge < -0.3 is 24.0 Å². The minimum atomic E-state index is -0.202. The maximum Gasteiger partial charge on any atom is 2.00 e. The summed E-state index contributed by atoms with van der Waals surface area (Å²) in [6.07, 6.45) is 4.57. The summed E-state index contributed by atoms with van der Waals surface area (Å²) >= 11 is 0. The number of hydrogen-bond acceptors (Lipinski definition) is 6. The van der Waals surface area contributed by atoms with Crippen molar-refractivity contribution in [2.75, 3.05) is 0 Å². The molecule has 4 aromatic carbocycles. The quantitative estimate of drug-likeness (QED) is 0.149. The predicted molar refractivity (Wildman–Crippen MR) is 171 cm³/mol. The van der Waals surface area contributed by atoms with E-state index in [1.54, 1.807) is 17.0 Å². The van der Waals surface area contributed by atoms with Crippen molar-refractivity contribution in [2.24, 2.45) is 0 Å². The first-order chi connectivity index (χ1) is 23.1. The summed E-state index contributed by atoms with van der Waals surface area (Å²) < 4.78 is 30.3. The maximum absolute atomic E-state index is 8.20. The minimum Gasteiger partial charge on any atom is -0.503 e. The minimum absolute atomic E-state index is 0. The molecule has 0 N–H and O–H groups in total. The predicted octanol–water partition coefficient (Wildman–Crippen LogP) is 8.48. The van der Waals surface area contributed by atoms with E-state index in [-0.39, 0.29) is 60.3 Å². The smallest absolute Gasteiger partial charge is 0.503 e. The zero-order chi connectivity index (χ0) is 31.7. The second kappa shape index (κ2) is 14.2. The zero-order valence-electron chi connectivity index (χ0n) is 26.2. The van der Waals surface area contributed by atoms with Gasteiger partial charge in [-0.3, -0.25) is 0 Å². The van der Waals surface area contributed by atoms with Crippen LogP contribution in [0.15, 0.2) is 128 Å². The van der Waals surface area contributed by atoms with Crippen LogP contribution in [0, 0.1) is 24.3 Å². The molecule has 230 valence electrons. The SMILES string of the molecule is [2H]c1cnc(-n2c3[c-]c(Oc4[c-]c(-c5ccccn5)ccc4)ccc3c3ccc(Oc4[c-]c(-c5ccccn5)ccc4)[c-]c32)nc1[2H].[Pt+2].[Pt+2]. The van der Waals surface area contributed by atoms with Crippen LogP contribution in [0.1, 0.15) is 2.74 Å². The van der Waals surface area contributed by atoms with Crippen LogP contribution in [-0.4, -0.2) is 24.5 Å². The molecule has 0 spiro atoms. The second-order valence-electron chi connectivity index (χ2n) is 9.92. The van der Waals surface area contributed by atoms with E-state index in [1.807, 2.05) is 97.1 Å². The average molecular weight is 972 g/mol. The number of rotatable bonds is 7. The summed E-state index contributed by atoms with van der Waals surface area (Å²) in [5, 5.41) is 1.69. The summed E-state index contributed by atoms with van der Waals surface area (Å²) in [6, 6.07) is 43.4. The van der Waals surface area contributed by atoms with Crippen molar-refractivity contribution in [3.8, 4) is 51.5 Å². The van der Waals surface area contributed by atoms with Gasteiger partial charge in [-0.15, -0.1) is 71.8 Å². The Labute approximate surface area is 302 Å². The third kappa shape index (κ3) is 6.64. The largest absolute Gasteiger partial charge is 2.00 e. The maximum atomic E-state index is 8.20. The van der Waals surface area contributed by atoms with Gasteiger partial charge in [0.15, 0.2) is 0 Å². The number of nitrogens with zero attached hydrogens (tertiary/aromatic N) is 5. The van der Waals surface area contributed by atoms with Gasteiger partial charge in [-0.25, -0.2) is 9.97 Å². The third-order valence-electron chi connectivity index (χ3n) is 7.06. The van der Waals surface area contributed by atoms with Gasteiger partial charge in [-0.1, -0.05) is 47.4 Å². The van der Waals surface area contributed by atoms with Crippen LogP contribution in [0.25, 0.3) is 50.3 Å². The average Bonchev–Trinajstić information content (AvgIpc) is 3.43. The molecule has 0 aliphatic carbocycles. The normalized spacial score (nSPS) is 11.2. The van der Waals surface area contributed by atoms with Crippen LogP contribution in [0.3, 0.4) is 0 Å². The molecule has 0 amide bonds. The van der Waals surface area contributed by atoms with Gasteiger partial charge in [0, 0.05) is 47.8 Å². The Morgan fingerprint density at radius 2 is 1.04 bits per heavy atom. The van der Waals surface area contributed by atoms with E-state index >= 15 is 0 Å². The van der Waals surface area contributed by atoms with Crippen molar-refractivity contribution in [3.63, 3.8) is 0 Å². The first-order valence-corrected chi connectivity index (χ1v) is 14.1. The van der Waals surface area contributed by atoms with Gasteiger partial charge in [-0.05, 0) is 29.6 Å². The number of ether oxygens (including phenoxy) is 2. The molecule has 0 unspecified atom stereocenters. The molecule has 0 bridgehead atoms. The Balaban J connectivity index is 0.00000208. The fourth-order valence-electron chi connectivity index (χ4n) is 5.08. The van der Waals surface area contributed by atoms with Crippen LogP contribution in [0.2, 0.25) is 0 Å². The molecule has 0 saturated carbocycles. The summed E-state index contributed by atoms with van der Waals surface area (Å²) in [4.78, 5) is 17.5. The van der Waals surface area contributed by atoms with Crippen LogP contribution in [-0.2, 0) is 42.1 Å². The third-order valence-corrected chi connectivity index (χ3v) is 7.06. The van der Waals surface area contributed by atoms with E-state index in [1.165, 1.54) is 6.20 Å². The molecule has 8 rings (SSSR count). The first-order valence-electron chi connectivity index (χ1n) is 15.1. The molecule has 0 radical (unpaired) electrons. The zero-order valence-corrected chi connectivity index (χ0v) is 28.7. The van der Waals surface area contributed by atoms with Crippen LogP contribution in [0.5, 0.6) is 23.0 Å². The van der Waals surface area contributed by atoms with Crippen LogP contribution >= 0.6 is 0 Å². The first kappa shape index (κ1) is 29.4. The van der Waals surface area contributed by atoms with Crippen molar-refractivity contribution in [2.45, 2.75) is 0 Å². The van der Waals surface area contributed by atoms with Gasteiger partial charge in [0.2, 0.25) is 5.95 Å². The number of fused-ring (bicyclic) bond motifs is 3. The van der Waals surface area contributed by atoms with Crippen LogP contribution in [0.4, 0.5) is 0 Å². The Kier molecular flexibility index (Phi) is 8.90. The number of aromatic nitrogens is 5. The summed E-state index contributed by atoms with van der Waals surface area (Å²) in [5.74, 6) is 2.08. The molecule has 0 aliphatic rings. The molecule has 0 aliphatic heterocycles. The fraction of sp³-hybridized carbons (Fsp3) is 0. The van der Waals surface area contributed by atoms with Gasteiger partial charge in [0.05, 0.1) is 2.74 Å². The molecule has 8 aromatic rings. The van der Waals surface area contributed by atoms with Gasteiger partial charge >= 0.3 is 42.1 Å². The van der Waals surface area contributed by atoms with Crippen molar-refractivity contribution in [1.29, 1.82) is 0 Å². The summed E-state index contributed by atoms with van der Waals surface area (Å²) in [5.41, 5.74) is 4.38. The Bertz CT molecular complexity index is 2270.